The molecule has 23 heavy (non-hydrogen) atoms. The van der Waals surface area contributed by atoms with Gasteiger partial charge in [-0.05, 0) is 25.1 Å². The lowest BCUT2D eigenvalue weighted by Crippen LogP contribution is -2.30. The highest BCUT2D eigenvalue weighted by Crippen LogP contribution is 2.21. The molecule has 1 amide bonds. The van der Waals surface area contributed by atoms with Gasteiger partial charge < -0.3 is 19.8 Å². The number of rotatable bonds is 5. The maximum Gasteiger partial charge on any atom is 0.325 e. The zero-order chi connectivity index (χ0) is 17.1. The van der Waals surface area contributed by atoms with Crippen molar-refractivity contribution in [2.45, 2.75) is 6.92 Å². The summed E-state index contributed by atoms with van der Waals surface area (Å²) in [6.07, 6.45) is 1.79. The molecule has 124 valence electrons. The Labute approximate surface area is 135 Å². The molecule has 2 N–H and O–H groups in total. The van der Waals surface area contributed by atoms with E-state index in [1.165, 1.54) is 7.11 Å². The van der Waals surface area contributed by atoms with E-state index in [0.717, 1.165) is 17.9 Å². The highest BCUT2D eigenvalue weighted by molar-refractivity contribution is 6.01. The van der Waals surface area contributed by atoms with Gasteiger partial charge in [0.15, 0.2) is 0 Å². The van der Waals surface area contributed by atoms with Crippen molar-refractivity contribution < 1.29 is 19.1 Å². The van der Waals surface area contributed by atoms with Crippen LogP contribution in [0.2, 0.25) is 0 Å². The van der Waals surface area contributed by atoms with E-state index in [1.54, 1.807) is 25.4 Å². The Morgan fingerprint density at radius 2 is 1.83 bits per heavy atom. The van der Waals surface area contributed by atoms with Gasteiger partial charge in [-0.1, -0.05) is 18.2 Å². The van der Waals surface area contributed by atoms with Crippen molar-refractivity contribution in [3.8, 4) is 11.3 Å². The maximum absolute atomic E-state index is 12.0. The van der Waals surface area contributed by atoms with Crippen molar-refractivity contribution in [3.63, 3.8) is 0 Å². The van der Waals surface area contributed by atoms with E-state index in [9.17, 15) is 9.59 Å². The number of aromatic nitrogens is 1. The summed E-state index contributed by atoms with van der Waals surface area (Å²) in [5.74, 6) is -0.790. The fraction of sp³-hybridized carbons (Fsp3) is 0.294. The molecule has 0 saturated carbocycles. The third kappa shape index (κ3) is 5.96. The third-order valence-corrected chi connectivity index (χ3v) is 2.97. The molecule has 0 atom stereocenters. The number of ether oxygens (including phenoxy) is 2. The molecule has 0 spiro atoms. The molecular formula is C17H22N2O4. The zero-order valence-corrected chi connectivity index (χ0v) is 13.6. The van der Waals surface area contributed by atoms with Gasteiger partial charge in [0.2, 0.25) is 0 Å². The van der Waals surface area contributed by atoms with Crippen LogP contribution in [0.15, 0.2) is 42.6 Å². The van der Waals surface area contributed by atoms with Crippen molar-refractivity contribution in [1.82, 2.24) is 10.3 Å². The Morgan fingerprint density at radius 1 is 1.13 bits per heavy atom. The summed E-state index contributed by atoms with van der Waals surface area (Å²) < 4.78 is 9.02. The number of benzene rings is 1. The minimum atomic E-state index is -0.481. The second kappa shape index (κ2) is 10.2. The van der Waals surface area contributed by atoms with Gasteiger partial charge in [0.25, 0.3) is 5.91 Å². The minimum absolute atomic E-state index is 0.144. The fourth-order valence-electron chi connectivity index (χ4n) is 1.73. The van der Waals surface area contributed by atoms with Gasteiger partial charge in [0.1, 0.15) is 6.54 Å². The summed E-state index contributed by atoms with van der Waals surface area (Å²) in [6.45, 7) is 2.63. The predicted molar refractivity (Wildman–Crippen MR) is 88.1 cm³/mol. The zero-order valence-electron chi connectivity index (χ0n) is 13.6. The van der Waals surface area contributed by atoms with E-state index in [-0.39, 0.29) is 12.5 Å². The van der Waals surface area contributed by atoms with Crippen molar-refractivity contribution >= 4 is 11.9 Å². The van der Waals surface area contributed by atoms with E-state index in [2.05, 4.69) is 19.8 Å². The summed E-state index contributed by atoms with van der Waals surface area (Å²) in [5.41, 5.74) is 2.15. The van der Waals surface area contributed by atoms with Crippen molar-refractivity contribution in [2.24, 2.45) is 0 Å². The van der Waals surface area contributed by atoms with Crippen LogP contribution in [-0.2, 0) is 14.3 Å². The molecule has 2 rings (SSSR count). The lowest BCUT2D eigenvalue weighted by molar-refractivity contribution is -0.139. The number of methoxy groups -OCH3 is 2. The molecule has 0 aliphatic rings. The van der Waals surface area contributed by atoms with E-state index in [4.69, 9.17) is 0 Å². The van der Waals surface area contributed by atoms with Gasteiger partial charge in [0.05, 0.1) is 7.11 Å². The molecule has 1 heterocycles. The number of nitrogens with one attached hydrogen (secondary N) is 2. The normalized spacial score (nSPS) is 9.52. The van der Waals surface area contributed by atoms with Crippen LogP contribution in [0.4, 0.5) is 0 Å². The highest BCUT2D eigenvalue weighted by atomic mass is 16.5. The predicted octanol–water partition coefficient (Wildman–Crippen LogP) is 2.24. The molecule has 0 bridgehead atoms. The molecule has 6 nitrogen and oxygen atoms in total. The second-order valence-corrected chi connectivity index (χ2v) is 4.47. The molecule has 0 saturated heterocycles. The Kier molecular flexibility index (Phi) is 8.17. The van der Waals surface area contributed by atoms with E-state index < -0.39 is 5.97 Å². The summed E-state index contributed by atoms with van der Waals surface area (Å²) in [4.78, 5) is 26.1. The lowest BCUT2D eigenvalue weighted by Gasteiger charge is -2.08. The van der Waals surface area contributed by atoms with Crippen molar-refractivity contribution in [2.75, 3.05) is 27.4 Å². The monoisotopic (exact) mass is 318 g/mol. The smallest absolute Gasteiger partial charge is 0.325 e. The minimum Gasteiger partial charge on any atom is -0.468 e. The molecule has 1 aromatic heterocycles. The molecule has 1 aromatic carbocycles. The van der Waals surface area contributed by atoms with Gasteiger partial charge in [-0.3, -0.25) is 9.59 Å². The number of esters is 1. The molecule has 6 heteroatoms. The molecule has 0 fully saturated rings. The van der Waals surface area contributed by atoms with Crippen molar-refractivity contribution in [1.29, 1.82) is 0 Å². The van der Waals surface area contributed by atoms with E-state index in [0.29, 0.717) is 5.56 Å². The molecule has 2 aromatic rings. The summed E-state index contributed by atoms with van der Waals surface area (Å²) in [5, 5.41) is 2.52. The van der Waals surface area contributed by atoms with Crippen LogP contribution >= 0.6 is 0 Å². The van der Waals surface area contributed by atoms with Crippen LogP contribution in [0.1, 0.15) is 17.3 Å². The van der Waals surface area contributed by atoms with E-state index >= 15 is 0 Å². The van der Waals surface area contributed by atoms with Crippen LogP contribution in [-0.4, -0.2) is 44.2 Å². The molecule has 0 aliphatic heterocycles. The Bertz CT molecular complexity index is 607. The topological polar surface area (TPSA) is 80.4 Å². The Morgan fingerprint density at radius 3 is 2.39 bits per heavy atom. The van der Waals surface area contributed by atoms with Gasteiger partial charge in [-0.15, -0.1) is 0 Å². The molecule has 0 aliphatic carbocycles. The maximum atomic E-state index is 12.0. The van der Waals surface area contributed by atoms with Gasteiger partial charge in [-0.25, -0.2) is 0 Å². The lowest BCUT2D eigenvalue weighted by atomic mass is 10.0. The fourth-order valence-corrected chi connectivity index (χ4v) is 1.73. The summed E-state index contributed by atoms with van der Waals surface area (Å²) in [6, 6.07) is 10.9. The number of carbonyl (C=O) groups is 2. The van der Waals surface area contributed by atoms with Crippen LogP contribution in [0.5, 0.6) is 0 Å². The molecule has 0 unspecified atom stereocenters. The number of aromatic amines is 1. The average Bonchev–Trinajstić information content (AvgIpc) is 3.14. The van der Waals surface area contributed by atoms with Crippen LogP contribution in [0.3, 0.4) is 0 Å². The average molecular weight is 318 g/mol. The first-order valence-electron chi connectivity index (χ1n) is 7.20. The number of carbonyl (C=O) groups excluding carboxylic acids is 2. The van der Waals surface area contributed by atoms with E-state index in [1.807, 2.05) is 31.2 Å². The van der Waals surface area contributed by atoms with Gasteiger partial charge >= 0.3 is 5.97 Å². The number of H-pyrrole nitrogens is 1. The standard InChI is InChI=1S/C14H14N2O3.C3H8O/c1-19-13(17)9-16-14(18)11-6-3-2-5-10(11)12-7-4-8-15-12;1-3-4-2/h2-8,15H,9H2,1H3,(H,16,18);3H2,1-2H3. The molecule has 0 radical (unpaired) electrons. The van der Waals surface area contributed by atoms with Gasteiger partial charge in [-0.2, -0.15) is 0 Å². The van der Waals surface area contributed by atoms with Crippen molar-refractivity contribution in [3.05, 3.63) is 48.2 Å². The third-order valence-electron chi connectivity index (χ3n) is 2.97. The summed E-state index contributed by atoms with van der Waals surface area (Å²) >= 11 is 0. The number of hydrogen-bond donors (Lipinski definition) is 2. The first-order valence-corrected chi connectivity index (χ1v) is 7.20. The summed E-state index contributed by atoms with van der Waals surface area (Å²) in [7, 11) is 2.96. The van der Waals surface area contributed by atoms with Crippen LogP contribution < -0.4 is 5.32 Å². The quantitative estimate of drug-likeness (QED) is 0.829. The van der Waals surface area contributed by atoms with Crippen LogP contribution in [0, 0.1) is 0 Å². The number of amides is 1. The van der Waals surface area contributed by atoms with Crippen LogP contribution in [0.25, 0.3) is 11.3 Å². The SMILES string of the molecule is CCOC.COC(=O)CNC(=O)c1ccccc1-c1ccc[nH]1. The Balaban J connectivity index is 0.000000593. The largest absolute Gasteiger partial charge is 0.468 e. The van der Waals surface area contributed by atoms with Gasteiger partial charge in [0, 0.05) is 36.7 Å². The highest BCUT2D eigenvalue weighted by Gasteiger charge is 2.13. The molecular weight excluding hydrogens is 296 g/mol. The first kappa shape index (κ1) is 18.4. The number of hydrogen-bond acceptors (Lipinski definition) is 4. The Hall–Kier alpha value is -2.60. The first-order chi connectivity index (χ1) is 11.1. The second-order valence-electron chi connectivity index (χ2n) is 4.47.